The van der Waals surface area contributed by atoms with E-state index in [1.165, 1.54) is 30.5 Å². The van der Waals surface area contributed by atoms with Crippen molar-refractivity contribution in [2.75, 3.05) is 16.0 Å². The first kappa shape index (κ1) is 16.7. The third-order valence-electron chi connectivity index (χ3n) is 4.62. The van der Waals surface area contributed by atoms with Crippen LogP contribution >= 0.6 is 0 Å². The highest BCUT2D eigenvalue weighted by molar-refractivity contribution is 5.96. The van der Waals surface area contributed by atoms with Crippen molar-refractivity contribution in [3.8, 4) is 0 Å². The fourth-order valence-electron chi connectivity index (χ4n) is 3.28. The van der Waals surface area contributed by atoms with E-state index in [2.05, 4.69) is 31.0 Å². The number of rotatable bonds is 3. The van der Waals surface area contributed by atoms with Crippen molar-refractivity contribution >= 4 is 23.0 Å². The number of piperidine rings is 1. The van der Waals surface area contributed by atoms with Crippen LogP contribution in [-0.4, -0.2) is 18.0 Å². The van der Waals surface area contributed by atoms with Crippen molar-refractivity contribution in [3.63, 3.8) is 0 Å². The van der Waals surface area contributed by atoms with Gasteiger partial charge in [-0.1, -0.05) is 13.8 Å². The zero-order chi connectivity index (χ0) is 16.4. The molecule has 0 bridgehead atoms. The van der Waals surface area contributed by atoms with Gasteiger partial charge in [0.25, 0.3) is 0 Å². The first-order chi connectivity index (χ1) is 10.3. The second kappa shape index (κ2) is 6.59. The molecule has 4 nitrogen and oxygen atoms in total. The van der Waals surface area contributed by atoms with Crippen LogP contribution in [0.4, 0.5) is 17.1 Å². The lowest BCUT2D eigenvalue weighted by Gasteiger charge is -2.42. The summed E-state index contributed by atoms with van der Waals surface area (Å²) in [6.45, 7) is 10.4. The van der Waals surface area contributed by atoms with E-state index in [0.29, 0.717) is 17.8 Å². The highest BCUT2D eigenvalue weighted by Crippen LogP contribution is 2.35. The minimum absolute atomic E-state index is 0.00115. The number of hydrogen-bond donors (Lipinski definition) is 2. The molecule has 1 amide bonds. The zero-order valence-corrected chi connectivity index (χ0v) is 14.4. The Morgan fingerprint density at radius 2 is 1.86 bits per heavy atom. The SMILES string of the molecule is Cc1cc(N)c(NC(=O)C(C)C)cc1N1[C@@H](C)CCC[C@@H]1C. The maximum Gasteiger partial charge on any atom is 0.226 e. The van der Waals surface area contributed by atoms with Gasteiger partial charge < -0.3 is 16.0 Å². The van der Waals surface area contributed by atoms with Crippen LogP contribution in [0.5, 0.6) is 0 Å². The van der Waals surface area contributed by atoms with Crippen molar-refractivity contribution in [2.45, 2.75) is 66.0 Å². The van der Waals surface area contributed by atoms with E-state index < -0.39 is 0 Å². The quantitative estimate of drug-likeness (QED) is 0.832. The fourth-order valence-corrected chi connectivity index (χ4v) is 3.28. The minimum atomic E-state index is -0.0583. The monoisotopic (exact) mass is 303 g/mol. The van der Waals surface area contributed by atoms with Crippen LogP contribution in [0.25, 0.3) is 0 Å². The minimum Gasteiger partial charge on any atom is -0.397 e. The molecule has 122 valence electrons. The number of amides is 1. The Hall–Kier alpha value is -1.71. The summed E-state index contributed by atoms with van der Waals surface area (Å²) in [4.78, 5) is 14.5. The molecule has 1 aromatic carbocycles. The molecule has 0 saturated carbocycles. The summed E-state index contributed by atoms with van der Waals surface area (Å²) < 4.78 is 0. The number of carbonyl (C=O) groups excluding carboxylic acids is 1. The first-order valence-electron chi connectivity index (χ1n) is 8.30. The lowest BCUT2D eigenvalue weighted by molar-refractivity contribution is -0.118. The molecular weight excluding hydrogens is 274 g/mol. The third-order valence-corrected chi connectivity index (χ3v) is 4.62. The summed E-state index contributed by atoms with van der Waals surface area (Å²) in [6, 6.07) is 5.04. The molecule has 0 aliphatic carbocycles. The second-order valence-corrected chi connectivity index (χ2v) is 6.91. The molecule has 1 heterocycles. The molecular formula is C18H29N3O. The Balaban J connectivity index is 2.37. The Labute approximate surface area is 134 Å². The van der Waals surface area contributed by atoms with Gasteiger partial charge in [0.05, 0.1) is 11.4 Å². The summed E-state index contributed by atoms with van der Waals surface area (Å²) in [5.41, 5.74) is 9.82. The maximum absolute atomic E-state index is 12.0. The van der Waals surface area contributed by atoms with Gasteiger partial charge in [0.2, 0.25) is 5.91 Å². The topological polar surface area (TPSA) is 58.4 Å². The van der Waals surface area contributed by atoms with E-state index in [1.807, 2.05) is 26.0 Å². The molecule has 1 aromatic rings. The number of nitrogens with one attached hydrogen (secondary N) is 1. The molecule has 1 aliphatic rings. The van der Waals surface area contributed by atoms with Gasteiger partial charge in [-0.15, -0.1) is 0 Å². The van der Waals surface area contributed by atoms with Gasteiger partial charge in [0, 0.05) is 23.7 Å². The largest absolute Gasteiger partial charge is 0.397 e. The highest BCUT2D eigenvalue weighted by atomic mass is 16.1. The lowest BCUT2D eigenvalue weighted by atomic mass is 9.95. The maximum atomic E-state index is 12.0. The van der Waals surface area contributed by atoms with E-state index in [-0.39, 0.29) is 11.8 Å². The number of nitrogen functional groups attached to an aromatic ring is 1. The van der Waals surface area contributed by atoms with E-state index in [1.54, 1.807) is 0 Å². The number of aryl methyl sites for hydroxylation is 1. The molecule has 1 aliphatic heterocycles. The van der Waals surface area contributed by atoms with Gasteiger partial charge in [0.15, 0.2) is 0 Å². The molecule has 1 fully saturated rings. The van der Waals surface area contributed by atoms with Crippen LogP contribution in [0.3, 0.4) is 0 Å². The third kappa shape index (κ3) is 3.37. The molecule has 2 rings (SSSR count). The average Bonchev–Trinajstić information content (AvgIpc) is 2.43. The summed E-state index contributed by atoms with van der Waals surface area (Å²) in [6.07, 6.45) is 3.70. The Morgan fingerprint density at radius 3 is 2.41 bits per heavy atom. The number of nitrogens with zero attached hydrogens (tertiary/aromatic N) is 1. The molecule has 1 saturated heterocycles. The van der Waals surface area contributed by atoms with Crippen molar-refractivity contribution < 1.29 is 4.79 Å². The molecule has 22 heavy (non-hydrogen) atoms. The predicted molar refractivity (Wildman–Crippen MR) is 94.3 cm³/mol. The summed E-state index contributed by atoms with van der Waals surface area (Å²) in [5, 5.41) is 2.96. The van der Waals surface area contributed by atoms with Gasteiger partial charge in [0.1, 0.15) is 0 Å². The smallest absolute Gasteiger partial charge is 0.226 e. The van der Waals surface area contributed by atoms with Gasteiger partial charge in [-0.05, 0) is 57.7 Å². The average molecular weight is 303 g/mol. The number of carbonyl (C=O) groups is 1. The lowest BCUT2D eigenvalue weighted by Crippen LogP contribution is -2.44. The molecule has 0 unspecified atom stereocenters. The van der Waals surface area contributed by atoms with Crippen LogP contribution in [0.1, 0.15) is 52.5 Å². The molecule has 0 aromatic heterocycles. The fraction of sp³-hybridized carbons (Fsp3) is 0.611. The van der Waals surface area contributed by atoms with Crippen molar-refractivity contribution in [2.24, 2.45) is 5.92 Å². The van der Waals surface area contributed by atoms with E-state index in [0.717, 1.165) is 5.69 Å². The van der Waals surface area contributed by atoms with Gasteiger partial charge in [-0.2, -0.15) is 0 Å². The van der Waals surface area contributed by atoms with E-state index in [9.17, 15) is 4.79 Å². The Kier molecular flexibility index (Phi) is 4.99. The van der Waals surface area contributed by atoms with Crippen LogP contribution in [0, 0.1) is 12.8 Å². The number of hydrogen-bond acceptors (Lipinski definition) is 3. The standard InChI is InChI=1S/C18H29N3O/c1-11(2)18(22)20-16-10-17(12(3)9-15(16)19)21-13(4)7-6-8-14(21)5/h9-11,13-14H,6-8,19H2,1-5H3,(H,20,22)/t13-,14-/m0/s1. The first-order valence-corrected chi connectivity index (χ1v) is 8.30. The molecule has 2 atom stereocenters. The highest BCUT2D eigenvalue weighted by Gasteiger charge is 2.26. The van der Waals surface area contributed by atoms with Crippen LogP contribution < -0.4 is 16.0 Å². The summed E-state index contributed by atoms with van der Waals surface area (Å²) in [7, 11) is 0. The van der Waals surface area contributed by atoms with Crippen molar-refractivity contribution in [1.82, 2.24) is 0 Å². The second-order valence-electron chi connectivity index (χ2n) is 6.91. The van der Waals surface area contributed by atoms with Gasteiger partial charge in [-0.25, -0.2) is 0 Å². The van der Waals surface area contributed by atoms with Crippen LogP contribution in [0.2, 0.25) is 0 Å². The molecule has 3 N–H and O–H groups in total. The Bertz CT molecular complexity index is 544. The number of benzene rings is 1. The van der Waals surface area contributed by atoms with Gasteiger partial charge in [-0.3, -0.25) is 4.79 Å². The van der Waals surface area contributed by atoms with Crippen molar-refractivity contribution in [1.29, 1.82) is 0 Å². The summed E-state index contributed by atoms with van der Waals surface area (Å²) >= 11 is 0. The van der Waals surface area contributed by atoms with Crippen LogP contribution in [-0.2, 0) is 4.79 Å². The molecule has 0 spiro atoms. The van der Waals surface area contributed by atoms with Crippen molar-refractivity contribution in [3.05, 3.63) is 17.7 Å². The van der Waals surface area contributed by atoms with E-state index >= 15 is 0 Å². The predicted octanol–water partition coefficient (Wildman–Crippen LogP) is 3.94. The zero-order valence-electron chi connectivity index (χ0n) is 14.4. The number of anilines is 3. The molecule has 0 radical (unpaired) electrons. The van der Waals surface area contributed by atoms with Crippen LogP contribution in [0.15, 0.2) is 12.1 Å². The number of nitrogens with two attached hydrogens (primary N) is 1. The van der Waals surface area contributed by atoms with Gasteiger partial charge >= 0.3 is 0 Å². The normalized spacial score (nSPS) is 22.0. The van der Waals surface area contributed by atoms with E-state index in [4.69, 9.17) is 5.73 Å². The molecule has 4 heteroatoms. The summed E-state index contributed by atoms with van der Waals surface area (Å²) in [5.74, 6) is -0.0572. The Morgan fingerprint density at radius 1 is 1.27 bits per heavy atom.